The van der Waals surface area contributed by atoms with Gasteiger partial charge in [0, 0.05) is 6.54 Å². The monoisotopic (exact) mass is 411 g/mol. The number of ether oxygens (including phenoxy) is 1. The van der Waals surface area contributed by atoms with Crippen LogP contribution in [0, 0.1) is 0 Å². The molecule has 0 aliphatic carbocycles. The zero-order valence-corrected chi connectivity index (χ0v) is 17.1. The van der Waals surface area contributed by atoms with Crippen LogP contribution in [-0.4, -0.2) is 17.4 Å². The topological polar surface area (TPSA) is 59.8 Å². The van der Waals surface area contributed by atoms with Gasteiger partial charge in [-0.15, -0.1) is 0 Å². The maximum atomic E-state index is 13.4. The van der Waals surface area contributed by atoms with Crippen molar-refractivity contribution in [1.82, 2.24) is 4.90 Å². The molecule has 1 aliphatic rings. The number of benzene rings is 3. The van der Waals surface area contributed by atoms with E-state index in [-0.39, 0.29) is 17.1 Å². The Morgan fingerprint density at radius 1 is 0.903 bits per heavy atom. The van der Waals surface area contributed by atoms with E-state index in [0.717, 1.165) is 17.7 Å². The second-order valence-electron chi connectivity index (χ2n) is 7.56. The maximum absolute atomic E-state index is 13.4. The molecule has 0 saturated heterocycles. The molecule has 4 aromatic rings. The number of nitrogens with zero attached hydrogens (tertiary/aromatic N) is 1. The molecule has 1 atom stereocenters. The molecule has 1 unspecified atom stereocenters. The van der Waals surface area contributed by atoms with Crippen molar-refractivity contribution >= 4 is 16.9 Å². The van der Waals surface area contributed by atoms with Gasteiger partial charge in [-0.3, -0.25) is 9.59 Å². The largest absolute Gasteiger partial charge is 0.457 e. The maximum Gasteiger partial charge on any atom is 0.290 e. The Kier molecular flexibility index (Phi) is 4.79. The van der Waals surface area contributed by atoms with E-state index in [0.29, 0.717) is 28.8 Å². The summed E-state index contributed by atoms with van der Waals surface area (Å²) >= 11 is 0. The smallest absolute Gasteiger partial charge is 0.290 e. The van der Waals surface area contributed by atoms with Crippen molar-refractivity contribution in [3.63, 3.8) is 0 Å². The van der Waals surface area contributed by atoms with Gasteiger partial charge < -0.3 is 14.1 Å². The van der Waals surface area contributed by atoms with Gasteiger partial charge in [-0.25, -0.2) is 0 Å². The molecular weight excluding hydrogens is 390 g/mol. The number of fused-ring (bicyclic) bond motifs is 2. The molecule has 5 rings (SSSR count). The SMILES string of the molecule is CCCN1C(=O)c2oc3ccccc3c(=O)c2C1c1cccc(Oc2ccccc2)c1. The highest BCUT2D eigenvalue weighted by Gasteiger charge is 2.42. The predicted octanol–water partition coefficient (Wildman–Crippen LogP) is 5.54. The molecular formula is C26H21NO4. The Hall–Kier alpha value is -3.86. The molecule has 1 amide bonds. The average molecular weight is 411 g/mol. The first-order chi connectivity index (χ1) is 15.2. The fourth-order valence-electron chi connectivity index (χ4n) is 4.16. The Bertz CT molecular complexity index is 1330. The minimum atomic E-state index is -0.511. The fourth-order valence-corrected chi connectivity index (χ4v) is 4.16. The molecule has 0 radical (unpaired) electrons. The Balaban J connectivity index is 1.65. The molecule has 0 bridgehead atoms. The Labute approximate surface area is 179 Å². The van der Waals surface area contributed by atoms with E-state index >= 15 is 0 Å². The fraction of sp³-hybridized carbons (Fsp3) is 0.154. The summed E-state index contributed by atoms with van der Waals surface area (Å²) in [7, 11) is 0. The quantitative estimate of drug-likeness (QED) is 0.433. The molecule has 5 nitrogen and oxygen atoms in total. The van der Waals surface area contributed by atoms with Gasteiger partial charge in [-0.05, 0) is 48.4 Å². The van der Waals surface area contributed by atoms with Gasteiger partial charge in [0.25, 0.3) is 5.91 Å². The lowest BCUT2D eigenvalue weighted by Crippen LogP contribution is -2.30. The third-order valence-electron chi connectivity index (χ3n) is 5.49. The van der Waals surface area contributed by atoms with Gasteiger partial charge in [0.15, 0.2) is 5.43 Å². The van der Waals surface area contributed by atoms with Crippen molar-refractivity contribution < 1.29 is 13.9 Å². The number of rotatable bonds is 5. The van der Waals surface area contributed by atoms with E-state index in [1.165, 1.54) is 0 Å². The molecule has 0 fully saturated rings. The van der Waals surface area contributed by atoms with Crippen molar-refractivity contribution in [2.45, 2.75) is 19.4 Å². The molecule has 3 aromatic carbocycles. The lowest BCUT2D eigenvalue weighted by atomic mass is 9.98. The lowest BCUT2D eigenvalue weighted by Gasteiger charge is -2.25. The summed E-state index contributed by atoms with van der Waals surface area (Å²) in [5.74, 6) is 1.25. The van der Waals surface area contributed by atoms with Crippen molar-refractivity contribution in [2.75, 3.05) is 6.54 Å². The van der Waals surface area contributed by atoms with Crippen molar-refractivity contribution in [1.29, 1.82) is 0 Å². The van der Waals surface area contributed by atoms with E-state index < -0.39 is 6.04 Å². The molecule has 31 heavy (non-hydrogen) atoms. The summed E-state index contributed by atoms with van der Waals surface area (Å²) in [6.45, 7) is 2.53. The summed E-state index contributed by atoms with van der Waals surface area (Å²) < 4.78 is 11.9. The van der Waals surface area contributed by atoms with Crippen LogP contribution in [0.5, 0.6) is 11.5 Å². The molecule has 5 heteroatoms. The summed E-state index contributed by atoms with van der Waals surface area (Å²) in [6, 6.07) is 23.6. The van der Waals surface area contributed by atoms with Gasteiger partial charge >= 0.3 is 0 Å². The van der Waals surface area contributed by atoms with Gasteiger partial charge in [0.2, 0.25) is 5.76 Å². The predicted molar refractivity (Wildman–Crippen MR) is 119 cm³/mol. The van der Waals surface area contributed by atoms with E-state index in [9.17, 15) is 9.59 Å². The van der Waals surface area contributed by atoms with Crippen LogP contribution in [0.25, 0.3) is 11.0 Å². The first-order valence-corrected chi connectivity index (χ1v) is 10.4. The first kappa shape index (κ1) is 19.1. The van der Waals surface area contributed by atoms with E-state index in [4.69, 9.17) is 9.15 Å². The highest BCUT2D eigenvalue weighted by Crippen LogP contribution is 2.39. The number of amides is 1. The van der Waals surface area contributed by atoms with Crippen molar-refractivity contribution in [3.8, 4) is 11.5 Å². The number of hydrogen-bond acceptors (Lipinski definition) is 4. The molecule has 154 valence electrons. The third-order valence-corrected chi connectivity index (χ3v) is 5.49. The Morgan fingerprint density at radius 3 is 2.45 bits per heavy atom. The molecule has 1 aliphatic heterocycles. The van der Waals surface area contributed by atoms with Gasteiger partial charge in [-0.2, -0.15) is 0 Å². The van der Waals surface area contributed by atoms with Crippen molar-refractivity contribution in [2.24, 2.45) is 0 Å². The molecule has 0 spiro atoms. The molecule has 2 heterocycles. The lowest BCUT2D eigenvalue weighted by molar-refractivity contribution is 0.0728. The van der Waals surface area contributed by atoms with Gasteiger partial charge in [0.1, 0.15) is 17.1 Å². The standard InChI is InChI=1S/C26H21NO4/c1-2-15-27-23(17-9-8-12-19(16-17)30-18-10-4-3-5-11-18)22-24(28)20-13-6-7-14-21(20)31-25(22)26(27)29/h3-14,16,23H,2,15H2,1H3. The minimum Gasteiger partial charge on any atom is -0.457 e. The first-order valence-electron chi connectivity index (χ1n) is 10.4. The van der Waals surface area contributed by atoms with Gasteiger partial charge in [-0.1, -0.05) is 49.4 Å². The number of para-hydroxylation sites is 2. The summed E-state index contributed by atoms with van der Waals surface area (Å²) in [4.78, 5) is 28.3. The van der Waals surface area contributed by atoms with Crippen LogP contribution in [0.2, 0.25) is 0 Å². The van der Waals surface area contributed by atoms with Crippen LogP contribution in [0.4, 0.5) is 0 Å². The summed E-state index contributed by atoms with van der Waals surface area (Å²) in [5, 5.41) is 0.481. The number of carbonyl (C=O) groups is 1. The highest BCUT2D eigenvalue weighted by molar-refractivity contribution is 5.99. The third kappa shape index (κ3) is 3.28. The zero-order chi connectivity index (χ0) is 21.4. The van der Waals surface area contributed by atoms with E-state index in [1.807, 2.05) is 61.5 Å². The van der Waals surface area contributed by atoms with Gasteiger partial charge in [0.05, 0.1) is 17.0 Å². The van der Waals surface area contributed by atoms with E-state index in [2.05, 4.69) is 0 Å². The van der Waals surface area contributed by atoms with Crippen LogP contribution in [0.1, 0.15) is 41.1 Å². The van der Waals surface area contributed by atoms with Crippen LogP contribution in [0.3, 0.4) is 0 Å². The molecule has 1 aromatic heterocycles. The Morgan fingerprint density at radius 2 is 1.65 bits per heavy atom. The summed E-state index contributed by atoms with van der Waals surface area (Å²) in [6.07, 6.45) is 0.768. The molecule has 0 N–H and O–H groups in total. The second-order valence-corrected chi connectivity index (χ2v) is 7.56. The molecule has 0 saturated carbocycles. The number of hydrogen-bond donors (Lipinski definition) is 0. The second kappa shape index (κ2) is 7.76. The van der Waals surface area contributed by atoms with Crippen molar-refractivity contribution in [3.05, 3.63) is 106 Å². The normalized spacial score (nSPS) is 15.3. The average Bonchev–Trinajstić information content (AvgIpc) is 3.07. The van der Waals surface area contributed by atoms with Crippen LogP contribution >= 0.6 is 0 Å². The van der Waals surface area contributed by atoms with Crippen LogP contribution in [-0.2, 0) is 0 Å². The van der Waals surface area contributed by atoms with Crippen LogP contribution in [0.15, 0.2) is 88.1 Å². The van der Waals surface area contributed by atoms with Crippen LogP contribution < -0.4 is 10.2 Å². The minimum absolute atomic E-state index is 0.136. The highest BCUT2D eigenvalue weighted by atomic mass is 16.5. The summed E-state index contributed by atoms with van der Waals surface area (Å²) in [5.41, 5.74) is 1.48. The van der Waals surface area contributed by atoms with E-state index in [1.54, 1.807) is 29.2 Å². The number of carbonyl (C=O) groups excluding carboxylic acids is 1. The zero-order valence-electron chi connectivity index (χ0n) is 17.1.